The lowest BCUT2D eigenvalue weighted by atomic mass is 10.1. The van der Waals surface area contributed by atoms with E-state index in [0.717, 1.165) is 11.3 Å². The van der Waals surface area contributed by atoms with Crippen molar-refractivity contribution in [2.45, 2.75) is 20.3 Å². The molecule has 0 saturated carbocycles. The molecule has 0 fully saturated rings. The first-order valence-electron chi connectivity index (χ1n) is 7.15. The minimum Gasteiger partial charge on any atom is -0.492 e. The van der Waals surface area contributed by atoms with Gasteiger partial charge in [-0.15, -0.1) is 0 Å². The smallest absolute Gasteiger partial charge is 0.224 e. The van der Waals surface area contributed by atoms with E-state index in [4.69, 9.17) is 4.74 Å². The molecule has 2 rings (SSSR count). The van der Waals surface area contributed by atoms with Gasteiger partial charge in [0.15, 0.2) is 0 Å². The molecule has 0 aliphatic carbocycles. The highest BCUT2D eigenvalue weighted by Gasteiger charge is 2.02. The van der Waals surface area contributed by atoms with Gasteiger partial charge in [0.1, 0.15) is 12.4 Å². The summed E-state index contributed by atoms with van der Waals surface area (Å²) in [5.41, 5.74) is 3.43. The molecule has 3 nitrogen and oxygen atoms in total. The minimum atomic E-state index is 0.0198. The lowest BCUT2D eigenvalue weighted by molar-refractivity contribution is -0.120. The number of nitrogens with one attached hydrogen (secondary N) is 1. The standard InChI is InChI=1S/C18H21NO2/c1-14-3-7-16(8-4-14)13-18(20)19-11-12-21-17-9-5-15(2)6-10-17/h3-10H,11-13H2,1-2H3,(H,19,20). The van der Waals surface area contributed by atoms with Crippen LogP contribution in [0.4, 0.5) is 0 Å². The van der Waals surface area contributed by atoms with Crippen molar-refractivity contribution in [3.05, 3.63) is 65.2 Å². The van der Waals surface area contributed by atoms with Crippen LogP contribution in [0.15, 0.2) is 48.5 Å². The predicted molar refractivity (Wildman–Crippen MR) is 84.6 cm³/mol. The summed E-state index contributed by atoms with van der Waals surface area (Å²) >= 11 is 0. The molecule has 0 atom stereocenters. The largest absolute Gasteiger partial charge is 0.492 e. The second-order valence-electron chi connectivity index (χ2n) is 5.17. The third-order valence-electron chi connectivity index (χ3n) is 3.20. The van der Waals surface area contributed by atoms with E-state index in [1.807, 2.05) is 62.4 Å². The molecule has 2 aromatic rings. The molecule has 0 aliphatic heterocycles. The first-order valence-corrected chi connectivity index (χ1v) is 7.15. The van der Waals surface area contributed by atoms with Crippen LogP contribution in [0.3, 0.4) is 0 Å². The van der Waals surface area contributed by atoms with Crippen molar-refractivity contribution < 1.29 is 9.53 Å². The van der Waals surface area contributed by atoms with Gasteiger partial charge in [-0.3, -0.25) is 4.79 Å². The van der Waals surface area contributed by atoms with Crippen LogP contribution in [0.2, 0.25) is 0 Å². The molecule has 2 aromatic carbocycles. The molecule has 0 unspecified atom stereocenters. The number of ether oxygens (including phenoxy) is 1. The van der Waals surface area contributed by atoms with Crippen molar-refractivity contribution in [1.29, 1.82) is 0 Å². The number of hydrogen-bond acceptors (Lipinski definition) is 2. The van der Waals surface area contributed by atoms with Gasteiger partial charge < -0.3 is 10.1 Å². The van der Waals surface area contributed by atoms with Crippen molar-refractivity contribution in [3.63, 3.8) is 0 Å². The topological polar surface area (TPSA) is 38.3 Å². The van der Waals surface area contributed by atoms with E-state index in [-0.39, 0.29) is 5.91 Å². The molecule has 0 heterocycles. The van der Waals surface area contributed by atoms with Crippen LogP contribution in [0.5, 0.6) is 5.75 Å². The van der Waals surface area contributed by atoms with Gasteiger partial charge in [0.05, 0.1) is 13.0 Å². The van der Waals surface area contributed by atoms with Gasteiger partial charge in [-0.25, -0.2) is 0 Å². The first-order chi connectivity index (χ1) is 10.1. The van der Waals surface area contributed by atoms with Crippen LogP contribution in [-0.2, 0) is 11.2 Å². The first kappa shape index (κ1) is 15.1. The molecule has 0 aliphatic rings. The summed E-state index contributed by atoms with van der Waals surface area (Å²) in [5.74, 6) is 0.847. The van der Waals surface area contributed by atoms with Crippen molar-refractivity contribution in [2.24, 2.45) is 0 Å². The van der Waals surface area contributed by atoms with Crippen LogP contribution in [0.25, 0.3) is 0 Å². The molecule has 3 heteroatoms. The lowest BCUT2D eigenvalue weighted by Gasteiger charge is -2.08. The van der Waals surface area contributed by atoms with Gasteiger partial charge in [0, 0.05) is 0 Å². The van der Waals surface area contributed by atoms with E-state index in [1.165, 1.54) is 11.1 Å². The molecular weight excluding hydrogens is 262 g/mol. The maximum atomic E-state index is 11.8. The minimum absolute atomic E-state index is 0.0198. The fourth-order valence-electron chi connectivity index (χ4n) is 1.95. The third kappa shape index (κ3) is 5.30. The molecule has 0 saturated heterocycles. The number of carbonyl (C=O) groups is 1. The van der Waals surface area contributed by atoms with E-state index in [2.05, 4.69) is 5.32 Å². The highest BCUT2D eigenvalue weighted by Crippen LogP contribution is 2.10. The van der Waals surface area contributed by atoms with Gasteiger partial charge >= 0.3 is 0 Å². The van der Waals surface area contributed by atoms with E-state index in [9.17, 15) is 4.79 Å². The summed E-state index contributed by atoms with van der Waals surface area (Å²) in [4.78, 5) is 11.8. The van der Waals surface area contributed by atoms with E-state index < -0.39 is 0 Å². The van der Waals surface area contributed by atoms with Crippen LogP contribution in [0, 0.1) is 13.8 Å². The Morgan fingerprint density at radius 2 is 1.52 bits per heavy atom. The van der Waals surface area contributed by atoms with Crippen molar-refractivity contribution >= 4 is 5.91 Å². The molecule has 0 radical (unpaired) electrons. The van der Waals surface area contributed by atoms with Gasteiger partial charge in [0.25, 0.3) is 0 Å². The number of carbonyl (C=O) groups excluding carboxylic acids is 1. The summed E-state index contributed by atoms with van der Waals surface area (Å²) in [5, 5.41) is 2.86. The summed E-state index contributed by atoms with van der Waals surface area (Å²) < 4.78 is 5.56. The Hall–Kier alpha value is -2.29. The van der Waals surface area contributed by atoms with Crippen molar-refractivity contribution in [2.75, 3.05) is 13.2 Å². The normalized spacial score (nSPS) is 10.2. The number of benzene rings is 2. The fourth-order valence-corrected chi connectivity index (χ4v) is 1.95. The molecule has 0 spiro atoms. The predicted octanol–water partition coefficient (Wildman–Crippen LogP) is 3.04. The zero-order valence-electron chi connectivity index (χ0n) is 12.6. The Bertz CT molecular complexity index is 573. The lowest BCUT2D eigenvalue weighted by Crippen LogP contribution is -2.29. The highest BCUT2D eigenvalue weighted by atomic mass is 16.5. The van der Waals surface area contributed by atoms with Crippen LogP contribution < -0.4 is 10.1 Å². The highest BCUT2D eigenvalue weighted by molar-refractivity contribution is 5.78. The van der Waals surface area contributed by atoms with E-state index in [1.54, 1.807) is 0 Å². The number of amides is 1. The number of rotatable bonds is 6. The second-order valence-corrected chi connectivity index (χ2v) is 5.17. The summed E-state index contributed by atoms with van der Waals surface area (Å²) in [6.45, 7) is 5.06. The zero-order chi connectivity index (χ0) is 15.1. The maximum absolute atomic E-state index is 11.8. The van der Waals surface area contributed by atoms with Crippen LogP contribution >= 0.6 is 0 Å². The molecule has 0 aromatic heterocycles. The third-order valence-corrected chi connectivity index (χ3v) is 3.20. The average Bonchev–Trinajstić information content (AvgIpc) is 2.48. The van der Waals surface area contributed by atoms with Gasteiger partial charge in [0.2, 0.25) is 5.91 Å². The van der Waals surface area contributed by atoms with E-state index >= 15 is 0 Å². The summed E-state index contributed by atoms with van der Waals surface area (Å²) in [7, 11) is 0. The van der Waals surface area contributed by atoms with Gasteiger partial charge in [-0.1, -0.05) is 47.5 Å². The van der Waals surface area contributed by atoms with Crippen molar-refractivity contribution in [3.8, 4) is 5.75 Å². The maximum Gasteiger partial charge on any atom is 0.224 e. The van der Waals surface area contributed by atoms with Crippen LogP contribution in [0.1, 0.15) is 16.7 Å². The molecule has 21 heavy (non-hydrogen) atoms. The fraction of sp³-hybridized carbons (Fsp3) is 0.278. The molecule has 110 valence electrons. The van der Waals surface area contributed by atoms with Gasteiger partial charge in [-0.05, 0) is 31.5 Å². The molecule has 1 amide bonds. The molecule has 1 N–H and O–H groups in total. The average molecular weight is 283 g/mol. The molecule has 0 bridgehead atoms. The summed E-state index contributed by atoms with van der Waals surface area (Å²) in [6.07, 6.45) is 0.408. The Morgan fingerprint density at radius 3 is 2.14 bits per heavy atom. The quantitative estimate of drug-likeness (QED) is 0.828. The molecular formula is C18H21NO2. The Morgan fingerprint density at radius 1 is 0.952 bits per heavy atom. The van der Waals surface area contributed by atoms with E-state index in [0.29, 0.717) is 19.6 Å². The van der Waals surface area contributed by atoms with Crippen molar-refractivity contribution in [1.82, 2.24) is 5.32 Å². The number of aryl methyl sites for hydroxylation is 2. The monoisotopic (exact) mass is 283 g/mol. The Balaban J connectivity index is 1.67. The second kappa shape index (κ2) is 7.48. The van der Waals surface area contributed by atoms with Gasteiger partial charge in [-0.2, -0.15) is 0 Å². The Kier molecular flexibility index (Phi) is 5.38. The summed E-state index contributed by atoms with van der Waals surface area (Å²) in [6, 6.07) is 15.9. The van der Waals surface area contributed by atoms with Crippen LogP contribution in [-0.4, -0.2) is 19.1 Å². The Labute approximate surface area is 126 Å². The number of hydrogen-bond donors (Lipinski definition) is 1. The SMILES string of the molecule is Cc1ccc(CC(=O)NCCOc2ccc(C)cc2)cc1. The zero-order valence-corrected chi connectivity index (χ0v) is 12.6.